The number of carbonyl (C=O) groups excluding carboxylic acids is 2. The number of ether oxygens (including phenoxy) is 3. The highest BCUT2D eigenvalue weighted by Crippen LogP contribution is 2.28. The van der Waals surface area contributed by atoms with Gasteiger partial charge in [0.1, 0.15) is 0 Å². The van der Waals surface area contributed by atoms with Crippen molar-refractivity contribution in [2.24, 2.45) is 0 Å². The van der Waals surface area contributed by atoms with Crippen molar-refractivity contribution in [3.05, 3.63) is 65.7 Å². The van der Waals surface area contributed by atoms with Gasteiger partial charge < -0.3 is 19.5 Å². The summed E-state index contributed by atoms with van der Waals surface area (Å²) < 4.78 is 15.6. The van der Waals surface area contributed by atoms with Crippen molar-refractivity contribution in [2.75, 3.05) is 25.6 Å². The number of amides is 1. The van der Waals surface area contributed by atoms with Crippen LogP contribution < -0.4 is 14.8 Å². The van der Waals surface area contributed by atoms with Gasteiger partial charge in [0.15, 0.2) is 24.7 Å². The Kier molecular flexibility index (Phi) is 7.70. The van der Waals surface area contributed by atoms with Crippen LogP contribution in [0, 0.1) is 0 Å². The first-order valence-corrected chi connectivity index (χ1v) is 8.51. The molecule has 0 aliphatic heterocycles. The van der Waals surface area contributed by atoms with Gasteiger partial charge in [-0.3, -0.25) is 4.79 Å². The van der Waals surface area contributed by atoms with Crippen LogP contribution in [0.1, 0.15) is 5.56 Å². The van der Waals surface area contributed by atoms with Crippen LogP contribution in [-0.4, -0.2) is 32.2 Å². The Morgan fingerprint density at radius 2 is 1.85 bits per heavy atom. The van der Waals surface area contributed by atoms with E-state index in [-0.39, 0.29) is 6.61 Å². The van der Waals surface area contributed by atoms with Crippen LogP contribution in [0.5, 0.6) is 11.5 Å². The molecule has 7 heteroatoms. The zero-order chi connectivity index (χ0) is 19.6. The second kappa shape index (κ2) is 10.2. The number of benzene rings is 2. The average Bonchev–Trinajstić information content (AvgIpc) is 2.67. The summed E-state index contributed by atoms with van der Waals surface area (Å²) in [5, 5.41) is 3.15. The van der Waals surface area contributed by atoms with E-state index >= 15 is 0 Å². The smallest absolute Gasteiger partial charge is 0.344 e. The fraction of sp³-hybridized carbons (Fsp3) is 0.200. The maximum atomic E-state index is 11.8. The molecule has 0 spiro atoms. The highest BCUT2D eigenvalue weighted by molar-refractivity contribution is 6.30. The Labute approximate surface area is 162 Å². The quantitative estimate of drug-likeness (QED) is 0.523. The van der Waals surface area contributed by atoms with Gasteiger partial charge in [0.05, 0.1) is 7.11 Å². The van der Waals surface area contributed by atoms with Gasteiger partial charge >= 0.3 is 5.97 Å². The van der Waals surface area contributed by atoms with E-state index in [1.807, 2.05) is 12.1 Å². The Morgan fingerprint density at radius 3 is 2.52 bits per heavy atom. The fourth-order valence-corrected chi connectivity index (χ4v) is 2.31. The Balaban J connectivity index is 1.79. The van der Waals surface area contributed by atoms with Gasteiger partial charge in [-0.05, 0) is 48.4 Å². The maximum absolute atomic E-state index is 11.8. The number of allylic oxidation sites excluding steroid dienone is 1. The van der Waals surface area contributed by atoms with E-state index in [9.17, 15) is 9.59 Å². The van der Waals surface area contributed by atoms with Crippen LogP contribution >= 0.6 is 11.6 Å². The number of methoxy groups -OCH3 is 1. The van der Waals surface area contributed by atoms with Crippen LogP contribution in [0.3, 0.4) is 0 Å². The third-order valence-electron chi connectivity index (χ3n) is 3.45. The number of anilines is 1. The number of esters is 1. The van der Waals surface area contributed by atoms with Crippen LogP contribution in [0.2, 0.25) is 5.02 Å². The summed E-state index contributed by atoms with van der Waals surface area (Å²) >= 11 is 5.77. The van der Waals surface area contributed by atoms with Gasteiger partial charge in [0, 0.05) is 10.7 Å². The number of hydrogen-bond donors (Lipinski definition) is 1. The summed E-state index contributed by atoms with van der Waals surface area (Å²) in [5.41, 5.74) is 1.57. The van der Waals surface area contributed by atoms with Gasteiger partial charge in [-0.25, -0.2) is 4.79 Å². The number of halogens is 1. The van der Waals surface area contributed by atoms with E-state index in [1.54, 1.807) is 36.4 Å². The molecule has 0 aromatic heterocycles. The first-order valence-electron chi connectivity index (χ1n) is 8.13. The molecule has 1 amide bonds. The maximum Gasteiger partial charge on any atom is 0.344 e. The Bertz CT molecular complexity index is 805. The van der Waals surface area contributed by atoms with Gasteiger partial charge in [0.25, 0.3) is 5.91 Å². The molecule has 0 fully saturated rings. The van der Waals surface area contributed by atoms with Crippen LogP contribution in [0.15, 0.2) is 55.1 Å². The first-order chi connectivity index (χ1) is 13.0. The normalized spacial score (nSPS) is 10.0. The van der Waals surface area contributed by atoms with E-state index in [0.29, 0.717) is 28.6 Å². The van der Waals surface area contributed by atoms with Crippen LogP contribution in [0.25, 0.3) is 0 Å². The van der Waals surface area contributed by atoms with Crippen molar-refractivity contribution in [2.45, 2.75) is 6.42 Å². The lowest BCUT2D eigenvalue weighted by atomic mass is 10.1. The van der Waals surface area contributed by atoms with Crippen molar-refractivity contribution in [1.29, 1.82) is 0 Å². The zero-order valence-corrected chi connectivity index (χ0v) is 15.6. The molecule has 0 atom stereocenters. The highest BCUT2D eigenvalue weighted by Gasteiger charge is 2.11. The molecule has 6 nitrogen and oxygen atoms in total. The van der Waals surface area contributed by atoms with Crippen LogP contribution in [0.4, 0.5) is 5.69 Å². The van der Waals surface area contributed by atoms with Gasteiger partial charge in [-0.15, -0.1) is 6.58 Å². The SMILES string of the molecule is C=CCc1ccc(OCC(=O)OCC(=O)Nc2ccc(Cl)cc2)c(OC)c1. The summed E-state index contributed by atoms with van der Waals surface area (Å²) in [6.07, 6.45) is 2.48. The largest absolute Gasteiger partial charge is 0.493 e. The molecular weight excluding hydrogens is 370 g/mol. The summed E-state index contributed by atoms with van der Waals surface area (Å²) in [7, 11) is 1.51. The molecule has 0 heterocycles. The first kappa shape index (κ1) is 20.3. The van der Waals surface area contributed by atoms with Crippen molar-refractivity contribution in [3.63, 3.8) is 0 Å². The second-order valence-corrected chi connectivity index (χ2v) is 5.92. The summed E-state index contributed by atoms with van der Waals surface area (Å²) in [5.74, 6) is -0.217. The van der Waals surface area contributed by atoms with Crippen molar-refractivity contribution in [1.82, 2.24) is 0 Å². The predicted molar refractivity (Wildman–Crippen MR) is 103 cm³/mol. The minimum absolute atomic E-state index is 0.342. The molecule has 2 rings (SSSR count). The van der Waals surface area contributed by atoms with Crippen molar-refractivity contribution >= 4 is 29.2 Å². The van der Waals surface area contributed by atoms with Gasteiger partial charge in [-0.1, -0.05) is 23.7 Å². The molecule has 0 radical (unpaired) electrons. The van der Waals surface area contributed by atoms with E-state index < -0.39 is 18.5 Å². The second-order valence-electron chi connectivity index (χ2n) is 5.48. The van der Waals surface area contributed by atoms with Crippen LogP contribution in [-0.2, 0) is 20.7 Å². The molecule has 2 aromatic carbocycles. The zero-order valence-electron chi connectivity index (χ0n) is 14.9. The molecule has 0 aliphatic rings. The number of nitrogens with one attached hydrogen (secondary N) is 1. The third-order valence-corrected chi connectivity index (χ3v) is 3.70. The molecule has 0 unspecified atom stereocenters. The molecule has 2 aromatic rings. The third kappa shape index (κ3) is 6.67. The lowest BCUT2D eigenvalue weighted by molar-refractivity contribution is -0.149. The Hall–Kier alpha value is -2.99. The highest BCUT2D eigenvalue weighted by atomic mass is 35.5. The number of hydrogen-bond acceptors (Lipinski definition) is 5. The molecule has 0 saturated carbocycles. The lowest BCUT2D eigenvalue weighted by Crippen LogP contribution is -2.23. The van der Waals surface area contributed by atoms with E-state index in [4.69, 9.17) is 25.8 Å². The Morgan fingerprint density at radius 1 is 1.11 bits per heavy atom. The monoisotopic (exact) mass is 389 g/mol. The lowest BCUT2D eigenvalue weighted by Gasteiger charge is -2.11. The fourth-order valence-electron chi connectivity index (χ4n) is 2.18. The molecule has 0 bridgehead atoms. The molecular formula is C20H20ClNO5. The number of carbonyl (C=O) groups is 2. The molecule has 142 valence electrons. The minimum Gasteiger partial charge on any atom is -0.493 e. The average molecular weight is 390 g/mol. The van der Waals surface area contributed by atoms with Crippen molar-refractivity contribution in [3.8, 4) is 11.5 Å². The van der Waals surface area contributed by atoms with Crippen molar-refractivity contribution < 1.29 is 23.8 Å². The molecule has 1 N–H and O–H groups in total. The standard InChI is InChI=1S/C20H20ClNO5/c1-3-4-14-5-10-17(18(11-14)25-2)26-13-20(24)27-12-19(23)22-16-8-6-15(21)7-9-16/h3,5-11H,1,4,12-13H2,2H3,(H,22,23). The van der Waals surface area contributed by atoms with Gasteiger partial charge in [-0.2, -0.15) is 0 Å². The topological polar surface area (TPSA) is 73.9 Å². The summed E-state index contributed by atoms with van der Waals surface area (Å²) in [6.45, 7) is 2.93. The number of rotatable bonds is 9. The van der Waals surface area contributed by atoms with Gasteiger partial charge in [0.2, 0.25) is 0 Å². The summed E-state index contributed by atoms with van der Waals surface area (Å²) in [6, 6.07) is 11.9. The molecule has 0 aliphatic carbocycles. The molecule has 27 heavy (non-hydrogen) atoms. The predicted octanol–water partition coefficient (Wildman–Crippen LogP) is 3.64. The minimum atomic E-state index is -0.668. The van der Waals surface area contributed by atoms with E-state index in [1.165, 1.54) is 7.11 Å². The van der Waals surface area contributed by atoms with E-state index in [0.717, 1.165) is 5.56 Å². The summed E-state index contributed by atoms with van der Waals surface area (Å²) in [4.78, 5) is 23.6. The molecule has 0 saturated heterocycles. The van der Waals surface area contributed by atoms with E-state index in [2.05, 4.69) is 11.9 Å².